The Hall–Kier alpha value is -1.55. The maximum atomic E-state index is 11.5. The van der Waals surface area contributed by atoms with Crippen LogP contribution in [0.1, 0.15) is 84.0 Å². The van der Waals surface area contributed by atoms with E-state index in [1.807, 2.05) is 6.08 Å². The Morgan fingerprint density at radius 3 is 2.00 bits per heavy atom. The molecule has 0 unspecified atom stereocenters. The summed E-state index contributed by atoms with van der Waals surface area (Å²) in [5.74, 6) is 5.10. The smallest absolute Gasteiger partial charge is 0.204 e. The number of hydrogen-bond donors (Lipinski definition) is 2. The van der Waals surface area contributed by atoms with Crippen molar-refractivity contribution in [2.24, 2.45) is 5.90 Å². The molecule has 4 heteroatoms. The Labute approximate surface area is 154 Å². The Morgan fingerprint density at radius 1 is 0.920 bits per heavy atom. The summed E-state index contributed by atoms with van der Waals surface area (Å²) in [4.78, 5) is 15.8. The fourth-order valence-corrected chi connectivity index (χ4v) is 2.48. The topological polar surface area (TPSA) is 64.3 Å². The van der Waals surface area contributed by atoms with E-state index in [4.69, 9.17) is 5.90 Å². The van der Waals surface area contributed by atoms with Crippen LogP contribution in [0.25, 0.3) is 0 Å². The molecular formula is C21H38N2O2. The zero-order chi connectivity index (χ0) is 18.6. The van der Waals surface area contributed by atoms with Crippen molar-refractivity contribution in [2.75, 3.05) is 6.54 Å². The second kappa shape index (κ2) is 18.8. The summed E-state index contributed by atoms with van der Waals surface area (Å²) < 4.78 is 0. The Kier molecular flexibility index (Phi) is 17.6. The molecule has 0 radical (unpaired) electrons. The van der Waals surface area contributed by atoms with Crippen molar-refractivity contribution >= 4 is 5.78 Å². The highest BCUT2D eigenvalue weighted by molar-refractivity contribution is 5.91. The quantitative estimate of drug-likeness (QED) is 0.115. The number of hydrogen-bond acceptors (Lipinski definition) is 4. The van der Waals surface area contributed by atoms with Gasteiger partial charge in [-0.15, -0.1) is 0 Å². The van der Waals surface area contributed by atoms with Crippen LogP contribution in [0.4, 0.5) is 0 Å². The first-order chi connectivity index (χ1) is 12.2. The largest absolute Gasteiger partial charge is 0.394 e. The van der Waals surface area contributed by atoms with E-state index < -0.39 is 0 Å². The van der Waals surface area contributed by atoms with Crippen molar-refractivity contribution in [2.45, 2.75) is 84.0 Å². The van der Waals surface area contributed by atoms with E-state index in [0.717, 1.165) is 12.8 Å². The van der Waals surface area contributed by atoms with Crippen LogP contribution in [-0.2, 0) is 9.63 Å². The number of nitrogens with one attached hydrogen (secondary N) is 1. The van der Waals surface area contributed by atoms with Gasteiger partial charge in [0.25, 0.3) is 0 Å². The molecule has 0 aromatic carbocycles. The monoisotopic (exact) mass is 350 g/mol. The zero-order valence-corrected chi connectivity index (χ0v) is 16.1. The molecular weight excluding hydrogens is 312 g/mol. The van der Waals surface area contributed by atoms with Gasteiger partial charge >= 0.3 is 0 Å². The van der Waals surface area contributed by atoms with Crippen LogP contribution in [0.5, 0.6) is 0 Å². The number of rotatable bonds is 18. The van der Waals surface area contributed by atoms with Crippen molar-refractivity contribution in [3.8, 4) is 0 Å². The third-order valence-corrected chi connectivity index (χ3v) is 4.04. The zero-order valence-electron chi connectivity index (χ0n) is 16.1. The molecule has 0 aromatic heterocycles. The van der Waals surface area contributed by atoms with Gasteiger partial charge in [0.2, 0.25) is 5.88 Å². The molecule has 0 amide bonds. The first-order valence-corrected chi connectivity index (χ1v) is 9.84. The minimum absolute atomic E-state index is 0.000295. The number of allylic oxidation sites excluding steroid dienone is 3. The number of unbranched alkanes of at least 4 members (excludes halogenated alkanes) is 10. The van der Waals surface area contributed by atoms with Crippen LogP contribution in [0.15, 0.2) is 36.8 Å². The molecule has 0 aliphatic heterocycles. The molecule has 0 aromatic rings. The van der Waals surface area contributed by atoms with E-state index in [9.17, 15) is 4.79 Å². The SMILES string of the molecule is C=C(NCC(=O)/C=C/CCCCCCC/C=C\CCCCCC)ON. The Balaban J connectivity index is 3.32. The normalized spacial score (nSPS) is 11.3. The fraction of sp³-hybridized carbons (Fsp3) is 0.667. The highest BCUT2D eigenvalue weighted by Gasteiger charge is 1.97. The van der Waals surface area contributed by atoms with Crippen molar-refractivity contribution in [1.29, 1.82) is 0 Å². The van der Waals surface area contributed by atoms with E-state index in [0.29, 0.717) is 0 Å². The molecule has 3 N–H and O–H groups in total. The maximum absolute atomic E-state index is 11.5. The van der Waals surface area contributed by atoms with Gasteiger partial charge in [0.15, 0.2) is 5.78 Å². The molecule has 0 saturated heterocycles. The van der Waals surface area contributed by atoms with Crippen molar-refractivity contribution in [1.82, 2.24) is 5.32 Å². The van der Waals surface area contributed by atoms with Gasteiger partial charge in [-0.2, -0.15) is 5.90 Å². The summed E-state index contributed by atoms with van der Waals surface area (Å²) >= 11 is 0. The molecule has 0 atom stereocenters. The highest BCUT2D eigenvalue weighted by Crippen LogP contribution is 2.09. The summed E-state index contributed by atoms with van der Waals surface area (Å²) in [6.45, 7) is 5.90. The number of carbonyl (C=O) groups excluding carboxylic acids is 1. The molecule has 0 fully saturated rings. The van der Waals surface area contributed by atoms with Crippen LogP contribution in [0.3, 0.4) is 0 Å². The summed E-state index contributed by atoms with van der Waals surface area (Å²) in [7, 11) is 0. The predicted molar refractivity (Wildman–Crippen MR) is 107 cm³/mol. The number of ketones is 1. The van der Waals surface area contributed by atoms with Gasteiger partial charge in [0, 0.05) is 0 Å². The predicted octanol–water partition coefficient (Wildman–Crippen LogP) is 5.32. The summed E-state index contributed by atoms with van der Waals surface area (Å²) in [6.07, 6.45) is 23.3. The average molecular weight is 351 g/mol. The standard InChI is InChI=1S/C21H38N2O2/c1-3-4-5-6-7-8-9-10-11-12-13-14-15-16-17-18-21(24)19-23-20(2)25-22/h8-9,17-18,23H,2-7,10-16,19,22H2,1H3/b9-8-,18-17+. The summed E-state index contributed by atoms with van der Waals surface area (Å²) in [5.41, 5.74) is 0. The van der Waals surface area contributed by atoms with Gasteiger partial charge in [-0.05, 0) is 51.2 Å². The molecule has 0 rings (SSSR count). The Bertz CT molecular complexity index is 389. The lowest BCUT2D eigenvalue weighted by molar-refractivity contribution is -0.113. The van der Waals surface area contributed by atoms with Crippen molar-refractivity contribution < 1.29 is 9.63 Å². The molecule has 0 heterocycles. The fourth-order valence-electron chi connectivity index (χ4n) is 2.48. The van der Waals surface area contributed by atoms with E-state index >= 15 is 0 Å². The van der Waals surface area contributed by atoms with Crippen LogP contribution in [0, 0.1) is 0 Å². The molecule has 0 aliphatic carbocycles. The summed E-state index contributed by atoms with van der Waals surface area (Å²) in [6, 6.07) is 0. The highest BCUT2D eigenvalue weighted by atomic mass is 16.6. The van der Waals surface area contributed by atoms with Crippen LogP contribution in [0.2, 0.25) is 0 Å². The van der Waals surface area contributed by atoms with Crippen LogP contribution >= 0.6 is 0 Å². The molecule has 4 nitrogen and oxygen atoms in total. The molecule has 144 valence electrons. The molecule has 0 spiro atoms. The number of nitrogens with two attached hydrogens (primary N) is 1. The van der Waals surface area contributed by atoms with E-state index in [1.54, 1.807) is 6.08 Å². The lowest BCUT2D eigenvalue weighted by Crippen LogP contribution is -2.23. The maximum Gasteiger partial charge on any atom is 0.204 e. The van der Waals surface area contributed by atoms with Gasteiger partial charge in [-0.1, -0.05) is 63.7 Å². The van der Waals surface area contributed by atoms with E-state index in [2.05, 4.69) is 35.8 Å². The third kappa shape index (κ3) is 18.6. The van der Waals surface area contributed by atoms with Crippen LogP contribution in [-0.4, -0.2) is 12.3 Å². The van der Waals surface area contributed by atoms with E-state index in [1.165, 1.54) is 64.2 Å². The van der Waals surface area contributed by atoms with Crippen molar-refractivity contribution in [3.63, 3.8) is 0 Å². The van der Waals surface area contributed by atoms with Gasteiger partial charge in [-0.25, -0.2) is 0 Å². The van der Waals surface area contributed by atoms with Gasteiger partial charge in [0.1, 0.15) is 0 Å². The van der Waals surface area contributed by atoms with Crippen LogP contribution < -0.4 is 11.2 Å². The van der Waals surface area contributed by atoms with Gasteiger partial charge in [-0.3, -0.25) is 4.79 Å². The minimum atomic E-state index is -0.000295. The molecule has 0 aliphatic rings. The molecule has 0 saturated carbocycles. The van der Waals surface area contributed by atoms with Crippen molar-refractivity contribution in [3.05, 3.63) is 36.8 Å². The molecule has 0 bridgehead atoms. The average Bonchev–Trinajstić information content (AvgIpc) is 2.62. The molecule has 25 heavy (non-hydrogen) atoms. The van der Waals surface area contributed by atoms with Gasteiger partial charge in [0.05, 0.1) is 6.54 Å². The Morgan fingerprint density at radius 2 is 1.44 bits per heavy atom. The minimum Gasteiger partial charge on any atom is -0.394 e. The van der Waals surface area contributed by atoms with Gasteiger partial charge < -0.3 is 10.2 Å². The summed E-state index contributed by atoms with van der Waals surface area (Å²) in [5, 5.41) is 2.69. The second-order valence-corrected chi connectivity index (χ2v) is 6.43. The lowest BCUT2D eigenvalue weighted by atomic mass is 10.1. The third-order valence-electron chi connectivity index (χ3n) is 4.04. The number of carbonyl (C=O) groups is 1. The first kappa shape index (κ1) is 23.4. The first-order valence-electron chi connectivity index (χ1n) is 9.84. The van der Waals surface area contributed by atoms with E-state index in [-0.39, 0.29) is 18.2 Å². The lowest BCUT2D eigenvalue weighted by Gasteiger charge is -2.03. The second-order valence-electron chi connectivity index (χ2n) is 6.43.